The van der Waals surface area contributed by atoms with Gasteiger partial charge in [0.15, 0.2) is 0 Å². The van der Waals surface area contributed by atoms with Gasteiger partial charge >= 0.3 is 0 Å². The van der Waals surface area contributed by atoms with Crippen molar-refractivity contribution in [1.29, 1.82) is 0 Å². The number of carbonyl (C=O) groups is 1. The molecule has 28 heavy (non-hydrogen) atoms. The van der Waals surface area contributed by atoms with Crippen LogP contribution in [-0.4, -0.2) is 35.9 Å². The largest absolute Gasteiger partial charge is 0.496 e. The fraction of sp³-hybridized carbons (Fsp3) is 0.211. The van der Waals surface area contributed by atoms with E-state index in [9.17, 15) is 9.18 Å². The number of benzene rings is 1. The van der Waals surface area contributed by atoms with E-state index in [-0.39, 0.29) is 23.6 Å². The molecular weight excluding hydrogens is 370 g/mol. The quantitative estimate of drug-likeness (QED) is 0.739. The van der Waals surface area contributed by atoms with Gasteiger partial charge in [-0.1, -0.05) is 0 Å². The van der Waals surface area contributed by atoms with E-state index in [0.29, 0.717) is 17.0 Å². The minimum absolute atomic E-state index is 0.0789. The minimum Gasteiger partial charge on any atom is -0.496 e. The van der Waals surface area contributed by atoms with Crippen LogP contribution in [0.2, 0.25) is 0 Å². The van der Waals surface area contributed by atoms with Crippen LogP contribution in [0.15, 0.2) is 54.1 Å². The van der Waals surface area contributed by atoms with Crippen LogP contribution in [-0.2, 0) is 9.53 Å². The molecule has 1 heterocycles. The fourth-order valence-electron chi connectivity index (χ4n) is 2.85. The Kier molecular flexibility index (Phi) is 5.25. The van der Waals surface area contributed by atoms with Crippen LogP contribution in [0.4, 0.5) is 14.6 Å². The first-order valence-corrected chi connectivity index (χ1v) is 8.25. The smallest absolute Gasteiger partial charge is 0.252 e. The van der Waals surface area contributed by atoms with Gasteiger partial charge < -0.3 is 20.5 Å². The van der Waals surface area contributed by atoms with Gasteiger partial charge in [0, 0.05) is 18.1 Å². The molecular formula is C19H18F2N4O3. The Hall–Kier alpha value is -3.49. The molecule has 146 valence electrons. The minimum atomic E-state index is -2.12. The van der Waals surface area contributed by atoms with Crippen LogP contribution >= 0.6 is 0 Å². The number of alkyl halides is 1. The summed E-state index contributed by atoms with van der Waals surface area (Å²) in [4.78, 5) is 19.7. The first-order valence-electron chi connectivity index (χ1n) is 8.25. The fourth-order valence-corrected chi connectivity index (χ4v) is 2.85. The Balaban J connectivity index is 1.93. The second-order valence-corrected chi connectivity index (χ2v) is 6.02. The average molecular weight is 388 g/mol. The number of amides is 1. The highest BCUT2D eigenvalue weighted by molar-refractivity contribution is 5.96. The maximum absolute atomic E-state index is 15.3. The predicted octanol–water partition coefficient (Wildman–Crippen LogP) is 2.71. The van der Waals surface area contributed by atoms with Crippen LogP contribution in [0.5, 0.6) is 5.75 Å². The molecule has 1 aliphatic rings. The van der Waals surface area contributed by atoms with Crippen LogP contribution in [0.25, 0.3) is 11.3 Å². The Bertz CT molecular complexity index is 977. The van der Waals surface area contributed by atoms with Gasteiger partial charge in [-0.15, -0.1) is 0 Å². The lowest BCUT2D eigenvalue weighted by molar-refractivity contribution is -0.114. The summed E-state index contributed by atoms with van der Waals surface area (Å²) in [6.07, 6.45) is 3.57. The van der Waals surface area contributed by atoms with Gasteiger partial charge in [-0.2, -0.15) is 0 Å². The molecule has 9 heteroatoms. The standard InChI is InChI=1S/C19H18F2N4O3/c1-27-15-4-3-11(20)7-12(15)14-8-17(24-10-23-14)25-19(21)6-5-16(28-2)13(9-19)18(22)26/h3-5,7-10H,6H2,1-2H3,(H2,22,26)(H,23,24,25). The predicted molar refractivity (Wildman–Crippen MR) is 98.4 cm³/mol. The zero-order valence-corrected chi connectivity index (χ0v) is 15.2. The molecule has 0 aliphatic heterocycles. The number of rotatable bonds is 6. The first-order chi connectivity index (χ1) is 13.3. The molecule has 3 rings (SSSR count). The van der Waals surface area contributed by atoms with E-state index >= 15 is 4.39 Å². The second kappa shape index (κ2) is 7.63. The van der Waals surface area contributed by atoms with Crippen molar-refractivity contribution in [3.8, 4) is 17.0 Å². The summed E-state index contributed by atoms with van der Waals surface area (Å²) in [7, 11) is 2.82. The van der Waals surface area contributed by atoms with E-state index in [1.54, 1.807) is 0 Å². The van der Waals surface area contributed by atoms with E-state index < -0.39 is 17.5 Å². The van der Waals surface area contributed by atoms with Crippen molar-refractivity contribution < 1.29 is 23.0 Å². The summed E-state index contributed by atoms with van der Waals surface area (Å²) in [6, 6.07) is 5.44. The number of hydrogen-bond acceptors (Lipinski definition) is 6. The zero-order valence-electron chi connectivity index (χ0n) is 15.2. The molecule has 1 unspecified atom stereocenters. The highest BCUT2D eigenvalue weighted by Crippen LogP contribution is 2.33. The molecule has 1 aromatic carbocycles. The maximum Gasteiger partial charge on any atom is 0.252 e. The highest BCUT2D eigenvalue weighted by Gasteiger charge is 2.33. The number of methoxy groups -OCH3 is 2. The number of primary amides is 1. The van der Waals surface area contributed by atoms with Gasteiger partial charge in [0.25, 0.3) is 5.91 Å². The Morgan fingerprint density at radius 2 is 2.04 bits per heavy atom. The molecule has 0 radical (unpaired) electrons. The average Bonchev–Trinajstić information content (AvgIpc) is 2.68. The number of hydrogen-bond donors (Lipinski definition) is 2. The summed E-state index contributed by atoms with van der Waals surface area (Å²) in [5.74, 6) is -2.66. The molecule has 1 amide bonds. The van der Waals surface area contributed by atoms with Gasteiger partial charge in [-0.25, -0.2) is 18.7 Å². The number of ether oxygens (including phenoxy) is 2. The third-order valence-corrected chi connectivity index (χ3v) is 4.15. The second-order valence-electron chi connectivity index (χ2n) is 6.02. The molecule has 0 fully saturated rings. The molecule has 1 aromatic heterocycles. The molecule has 3 N–H and O–H groups in total. The molecule has 7 nitrogen and oxygen atoms in total. The summed E-state index contributed by atoms with van der Waals surface area (Å²) >= 11 is 0. The van der Waals surface area contributed by atoms with Crippen molar-refractivity contribution in [2.45, 2.75) is 12.2 Å². The summed E-state index contributed by atoms with van der Waals surface area (Å²) in [5, 5.41) is 2.61. The lowest BCUT2D eigenvalue weighted by atomic mass is 9.98. The monoisotopic (exact) mass is 388 g/mol. The number of nitrogens with one attached hydrogen (secondary N) is 1. The Morgan fingerprint density at radius 1 is 1.25 bits per heavy atom. The summed E-state index contributed by atoms with van der Waals surface area (Å²) < 4.78 is 39.2. The molecule has 1 atom stereocenters. The van der Waals surface area contributed by atoms with Gasteiger partial charge in [-0.3, -0.25) is 4.79 Å². The van der Waals surface area contributed by atoms with E-state index in [1.807, 2.05) is 0 Å². The van der Waals surface area contributed by atoms with Crippen molar-refractivity contribution in [1.82, 2.24) is 9.97 Å². The van der Waals surface area contributed by atoms with Crippen LogP contribution < -0.4 is 15.8 Å². The third-order valence-electron chi connectivity index (χ3n) is 4.15. The normalized spacial score (nSPS) is 18.7. The van der Waals surface area contributed by atoms with Gasteiger partial charge in [0.2, 0.25) is 5.79 Å². The van der Waals surface area contributed by atoms with Gasteiger partial charge in [0.1, 0.15) is 29.5 Å². The zero-order chi connectivity index (χ0) is 20.3. The van der Waals surface area contributed by atoms with Crippen molar-refractivity contribution >= 4 is 11.7 Å². The Labute approximate surface area is 159 Å². The van der Waals surface area contributed by atoms with Crippen LogP contribution in [0.1, 0.15) is 6.42 Å². The number of carbonyl (C=O) groups excluding carboxylic acids is 1. The molecule has 0 bridgehead atoms. The number of anilines is 1. The Morgan fingerprint density at radius 3 is 2.71 bits per heavy atom. The molecule has 1 aliphatic carbocycles. The van der Waals surface area contributed by atoms with Crippen LogP contribution in [0.3, 0.4) is 0 Å². The molecule has 2 aromatic rings. The number of aromatic nitrogens is 2. The number of halogens is 2. The van der Waals surface area contributed by atoms with E-state index in [0.717, 1.165) is 6.08 Å². The van der Waals surface area contributed by atoms with Crippen LogP contribution in [0, 0.1) is 5.82 Å². The molecule has 0 saturated heterocycles. The highest BCUT2D eigenvalue weighted by atomic mass is 19.1. The van der Waals surface area contributed by atoms with Crippen molar-refractivity contribution in [3.05, 3.63) is 59.9 Å². The summed E-state index contributed by atoms with van der Waals surface area (Å²) in [5.41, 5.74) is 5.94. The summed E-state index contributed by atoms with van der Waals surface area (Å²) in [6.45, 7) is 0. The SMILES string of the molecule is COC1=CCC(F)(Nc2cc(-c3cc(F)ccc3OC)ncn2)C=C1C(N)=O. The van der Waals surface area contributed by atoms with Gasteiger partial charge in [0.05, 0.1) is 25.5 Å². The molecule has 0 spiro atoms. The first kappa shape index (κ1) is 19.3. The molecule has 0 saturated carbocycles. The maximum atomic E-state index is 15.3. The third kappa shape index (κ3) is 3.93. The van der Waals surface area contributed by atoms with Gasteiger partial charge in [-0.05, 0) is 30.4 Å². The lowest BCUT2D eigenvalue weighted by Gasteiger charge is -2.27. The number of nitrogens with zero attached hydrogens (tertiary/aromatic N) is 2. The van der Waals surface area contributed by atoms with E-state index in [2.05, 4.69) is 15.3 Å². The van der Waals surface area contributed by atoms with Crippen molar-refractivity contribution in [2.24, 2.45) is 5.73 Å². The topological polar surface area (TPSA) is 99.4 Å². The van der Waals surface area contributed by atoms with E-state index in [1.165, 1.54) is 50.9 Å². The lowest BCUT2D eigenvalue weighted by Crippen LogP contribution is -2.35. The van der Waals surface area contributed by atoms with Crippen molar-refractivity contribution in [3.63, 3.8) is 0 Å². The van der Waals surface area contributed by atoms with Crippen molar-refractivity contribution in [2.75, 3.05) is 19.5 Å². The van der Waals surface area contributed by atoms with E-state index in [4.69, 9.17) is 15.2 Å². The number of nitrogens with two attached hydrogens (primary N) is 1.